The van der Waals surface area contributed by atoms with Gasteiger partial charge < -0.3 is 11.1 Å². The van der Waals surface area contributed by atoms with Crippen LogP contribution in [0.4, 0.5) is 0 Å². The standard InChI is InChI=1S/C12H17ClN2.ClH/c13-11-4-2-10(3-5-11)8-12(14)6-1-7-15-9-12;/h2-5,15H,1,6-9,14H2;1H. The van der Waals surface area contributed by atoms with E-state index in [2.05, 4.69) is 17.4 Å². The Bertz CT molecular complexity index is 318. The molecule has 1 aliphatic rings. The van der Waals surface area contributed by atoms with E-state index in [9.17, 15) is 0 Å². The van der Waals surface area contributed by atoms with Gasteiger partial charge in [0.1, 0.15) is 0 Å². The molecule has 2 nitrogen and oxygen atoms in total. The third-order valence-corrected chi connectivity index (χ3v) is 3.23. The van der Waals surface area contributed by atoms with E-state index in [4.69, 9.17) is 17.3 Å². The first-order chi connectivity index (χ1) is 7.18. The van der Waals surface area contributed by atoms with Gasteiger partial charge in [-0.2, -0.15) is 0 Å². The molecule has 1 aliphatic heterocycles. The number of hydrogen-bond donors (Lipinski definition) is 2. The summed E-state index contributed by atoms with van der Waals surface area (Å²) in [6, 6.07) is 7.98. The van der Waals surface area contributed by atoms with Crippen molar-refractivity contribution >= 4 is 24.0 Å². The summed E-state index contributed by atoms with van der Waals surface area (Å²) >= 11 is 5.85. The van der Waals surface area contributed by atoms with Crippen molar-refractivity contribution in [3.63, 3.8) is 0 Å². The highest BCUT2D eigenvalue weighted by Crippen LogP contribution is 2.20. The first kappa shape index (κ1) is 13.8. The smallest absolute Gasteiger partial charge is 0.0406 e. The van der Waals surface area contributed by atoms with Gasteiger partial charge >= 0.3 is 0 Å². The fourth-order valence-corrected chi connectivity index (χ4v) is 2.28. The minimum atomic E-state index is -0.0773. The van der Waals surface area contributed by atoms with Crippen molar-refractivity contribution < 1.29 is 0 Å². The number of benzene rings is 1. The maximum absolute atomic E-state index is 6.33. The maximum atomic E-state index is 6.33. The van der Waals surface area contributed by atoms with Crippen LogP contribution in [0.3, 0.4) is 0 Å². The topological polar surface area (TPSA) is 38.0 Å². The van der Waals surface area contributed by atoms with E-state index in [1.54, 1.807) is 0 Å². The van der Waals surface area contributed by atoms with E-state index in [-0.39, 0.29) is 17.9 Å². The minimum absolute atomic E-state index is 0. The molecule has 16 heavy (non-hydrogen) atoms. The molecule has 4 heteroatoms. The van der Waals surface area contributed by atoms with E-state index in [1.807, 2.05) is 12.1 Å². The van der Waals surface area contributed by atoms with E-state index in [0.717, 1.165) is 31.0 Å². The molecule has 3 N–H and O–H groups in total. The van der Waals surface area contributed by atoms with Gasteiger partial charge in [-0.3, -0.25) is 0 Å². The van der Waals surface area contributed by atoms with Gasteiger partial charge in [0.05, 0.1) is 0 Å². The van der Waals surface area contributed by atoms with Crippen LogP contribution >= 0.6 is 24.0 Å². The lowest BCUT2D eigenvalue weighted by atomic mass is 9.85. The average Bonchev–Trinajstić information content (AvgIpc) is 2.22. The lowest BCUT2D eigenvalue weighted by molar-refractivity contribution is 0.313. The molecule has 1 fully saturated rings. The Morgan fingerprint density at radius 1 is 1.31 bits per heavy atom. The van der Waals surface area contributed by atoms with E-state index < -0.39 is 0 Å². The molecule has 0 spiro atoms. The van der Waals surface area contributed by atoms with Crippen LogP contribution in [0.1, 0.15) is 18.4 Å². The van der Waals surface area contributed by atoms with Gasteiger partial charge in [0.15, 0.2) is 0 Å². The van der Waals surface area contributed by atoms with Crippen LogP contribution < -0.4 is 11.1 Å². The predicted molar refractivity (Wildman–Crippen MR) is 71.4 cm³/mol. The molecule has 0 saturated carbocycles. The summed E-state index contributed by atoms with van der Waals surface area (Å²) in [4.78, 5) is 0. The SMILES string of the molecule is Cl.NC1(Cc2ccc(Cl)cc2)CCCNC1. The average molecular weight is 261 g/mol. The molecule has 0 aromatic heterocycles. The fourth-order valence-electron chi connectivity index (χ4n) is 2.15. The summed E-state index contributed by atoms with van der Waals surface area (Å²) in [6.07, 6.45) is 3.20. The second-order valence-electron chi connectivity index (χ2n) is 4.45. The van der Waals surface area contributed by atoms with E-state index >= 15 is 0 Å². The number of piperidine rings is 1. The van der Waals surface area contributed by atoms with Crippen molar-refractivity contribution in [3.05, 3.63) is 34.9 Å². The molecule has 0 amide bonds. The maximum Gasteiger partial charge on any atom is 0.0406 e. The lowest BCUT2D eigenvalue weighted by Crippen LogP contribution is -2.54. The monoisotopic (exact) mass is 260 g/mol. The van der Waals surface area contributed by atoms with Crippen molar-refractivity contribution in [2.24, 2.45) is 5.73 Å². The normalized spacial score (nSPS) is 24.9. The van der Waals surface area contributed by atoms with Gasteiger partial charge in [0, 0.05) is 17.1 Å². The summed E-state index contributed by atoms with van der Waals surface area (Å²) in [5, 5.41) is 4.14. The van der Waals surface area contributed by atoms with Gasteiger partial charge in [-0.1, -0.05) is 23.7 Å². The number of hydrogen-bond acceptors (Lipinski definition) is 2. The molecular formula is C12H18Cl2N2. The summed E-state index contributed by atoms with van der Waals surface area (Å²) in [6.45, 7) is 2.01. The molecule has 1 aromatic rings. The zero-order valence-corrected chi connectivity index (χ0v) is 10.8. The van der Waals surface area contributed by atoms with Gasteiger partial charge in [-0.25, -0.2) is 0 Å². The van der Waals surface area contributed by atoms with Gasteiger partial charge in [-0.05, 0) is 43.5 Å². The quantitative estimate of drug-likeness (QED) is 0.857. The fraction of sp³-hybridized carbons (Fsp3) is 0.500. The summed E-state index contributed by atoms with van der Waals surface area (Å²) in [5.41, 5.74) is 7.53. The number of rotatable bonds is 2. The molecule has 90 valence electrons. The molecule has 1 atom stereocenters. The Morgan fingerprint density at radius 3 is 2.56 bits per heavy atom. The Kier molecular flexibility index (Phi) is 5.06. The van der Waals surface area contributed by atoms with Crippen LogP contribution in [0.2, 0.25) is 5.02 Å². The lowest BCUT2D eigenvalue weighted by Gasteiger charge is -2.34. The first-order valence-corrected chi connectivity index (χ1v) is 5.80. The number of nitrogens with one attached hydrogen (secondary N) is 1. The predicted octanol–water partition coefficient (Wildman–Crippen LogP) is 2.39. The first-order valence-electron chi connectivity index (χ1n) is 5.42. The highest BCUT2D eigenvalue weighted by molar-refractivity contribution is 6.30. The molecule has 1 unspecified atom stereocenters. The minimum Gasteiger partial charge on any atom is -0.324 e. The van der Waals surface area contributed by atoms with Crippen LogP contribution in [0, 0.1) is 0 Å². The largest absolute Gasteiger partial charge is 0.324 e. The van der Waals surface area contributed by atoms with Crippen LogP contribution in [0.15, 0.2) is 24.3 Å². The number of halogens is 2. The molecule has 0 radical (unpaired) electrons. The van der Waals surface area contributed by atoms with Crippen LogP contribution in [-0.4, -0.2) is 18.6 Å². The third kappa shape index (κ3) is 3.63. The van der Waals surface area contributed by atoms with E-state index in [1.165, 1.54) is 12.0 Å². The Labute approximate surface area is 108 Å². The molecular weight excluding hydrogens is 243 g/mol. The molecule has 0 aliphatic carbocycles. The Balaban J connectivity index is 0.00000128. The van der Waals surface area contributed by atoms with Crippen LogP contribution in [0.25, 0.3) is 0 Å². The highest BCUT2D eigenvalue weighted by atomic mass is 35.5. The molecule has 0 bridgehead atoms. The second-order valence-corrected chi connectivity index (χ2v) is 4.88. The van der Waals surface area contributed by atoms with Crippen molar-refractivity contribution in [2.45, 2.75) is 24.8 Å². The van der Waals surface area contributed by atoms with Crippen LogP contribution in [0.5, 0.6) is 0 Å². The van der Waals surface area contributed by atoms with Gasteiger partial charge in [0.25, 0.3) is 0 Å². The molecule has 1 heterocycles. The van der Waals surface area contributed by atoms with Crippen molar-refractivity contribution in [3.8, 4) is 0 Å². The summed E-state index contributed by atoms with van der Waals surface area (Å²) < 4.78 is 0. The van der Waals surface area contributed by atoms with Crippen molar-refractivity contribution in [2.75, 3.05) is 13.1 Å². The van der Waals surface area contributed by atoms with E-state index in [0.29, 0.717) is 0 Å². The zero-order valence-electron chi connectivity index (χ0n) is 9.21. The zero-order chi connectivity index (χ0) is 10.7. The number of nitrogens with two attached hydrogens (primary N) is 1. The van der Waals surface area contributed by atoms with Crippen molar-refractivity contribution in [1.29, 1.82) is 0 Å². The van der Waals surface area contributed by atoms with Crippen LogP contribution in [-0.2, 0) is 6.42 Å². The third-order valence-electron chi connectivity index (χ3n) is 2.97. The van der Waals surface area contributed by atoms with Gasteiger partial charge in [0.2, 0.25) is 0 Å². The Hall–Kier alpha value is -0.280. The summed E-state index contributed by atoms with van der Waals surface area (Å²) in [7, 11) is 0. The summed E-state index contributed by atoms with van der Waals surface area (Å²) in [5.74, 6) is 0. The molecule has 1 aromatic carbocycles. The Morgan fingerprint density at radius 2 is 2.00 bits per heavy atom. The highest BCUT2D eigenvalue weighted by Gasteiger charge is 2.27. The molecule has 1 saturated heterocycles. The van der Waals surface area contributed by atoms with Gasteiger partial charge in [-0.15, -0.1) is 12.4 Å². The second kappa shape index (κ2) is 5.87. The van der Waals surface area contributed by atoms with Crippen molar-refractivity contribution in [1.82, 2.24) is 5.32 Å². The molecule has 2 rings (SSSR count).